The third-order valence-electron chi connectivity index (χ3n) is 4.87. The molecule has 2 aromatic carbocycles. The second kappa shape index (κ2) is 9.40. The summed E-state index contributed by atoms with van der Waals surface area (Å²) in [5.41, 5.74) is 6.23. The van der Waals surface area contributed by atoms with E-state index in [-0.39, 0.29) is 23.6 Å². The number of aromatic amines is 1. The lowest BCUT2D eigenvalue weighted by atomic mass is 10.0. The van der Waals surface area contributed by atoms with Gasteiger partial charge in [0.2, 0.25) is 11.8 Å². The van der Waals surface area contributed by atoms with Gasteiger partial charge in [0.05, 0.1) is 17.1 Å². The topological polar surface area (TPSA) is 96.7 Å². The lowest BCUT2D eigenvalue weighted by Crippen LogP contribution is -2.14. The van der Waals surface area contributed by atoms with Gasteiger partial charge in [-0.2, -0.15) is 0 Å². The summed E-state index contributed by atoms with van der Waals surface area (Å²) in [6.07, 6.45) is 0. The zero-order valence-electron chi connectivity index (χ0n) is 18.5. The first-order chi connectivity index (χ1) is 15.4. The highest BCUT2D eigenvalue weighted by molar-refractivity contribution is 7.99. The van der Waals surface area contributed by atoms with Crippen molar-refractivity contribution in [3.63, 3.8) is 0 Å². The highest BCUT2D eigenvalue weighted by Crippen LogP contribution is 2.33. The fraction of sp³-hybridized carbons (Fsp3) is 0.250. The summed E-state index contributed by atoms with van der Waals surface area (Å²) in [6.45, 7) is 8.01. The highest BCUT2D eigenvalue weighted by atomic mass is 32.2. The summed E-state index contributed by atoms with van der Waals surface area (Å²) in [5, 5.41) is 11.1. The molecule has 4 rings (SSSR count). The number of aryl methyl sites for hydroxylation is 2. The Hall–Kier alpha value is -3.39. The molecular formula is C24H25N5O2S. The lowest BCUT2D eigenvalue weighted by Gasteiger charge is -2.04. The van der Waals surface area contributed by atoms with Gasteiger partial charge in [-0.3, -0.25) is 10.1 Å². The van der Waals surface area contributed by atoms with Crippen LogP contribution >= 0.6 is 11.8 Å². The Morgan fingerprint density at radius 2 is 1.62 bits per heavy atom. The smallest absolute Gasteiger partial charge is 0.322 e. The Morgan fingerprint density at radius 3 is 2.22 bits per heavy atom. The maximum absolute atomic E-state index is 12.4. The molecule has 32 heavy (non-hydrogen) atoms. The fourth-order valence-electron chi connectivity index (χ4n) is 3.08. The van der Waals surface area contributed by atoms with Gasteiger partial charge in [-0.1, -0.05) is 90.4 Å². The molecular weight excluding hydrogens is 422 g/mol. The molecule has 164 valence electrons. The van der Waals surface area contributed by atoms with Crippen LogP contribution in [0.3, 0.4) is 0 Å². The molecule has 7 nitrogen and oxygen atoms in total. The molecule has 0 saturated carbocycles. The second-order valence-electron chi connectivity index (χ2n) is 7.93. The van der Waals surface area contributed by atoms with Crippen LogP contribution in [0.15, 0.2) is 58.1 Å². The van der Waals surface area contributed by atoms with E-state index >= 15 is 0 Å². The van der Waals surface area contributed by atoms with Gasteiger partial charge in [0.25, 0.3) is 0 Å². The minimum atomic E-state index is -0.237. The van der Waals surface area contributed by atoms with Crippen LogP contribution in [0, 0.1) is 13.8 Å². The average Bonchev–Trinajstić information content (AvgIpc) is 3.41. The van der Waals surface area contributed by atoms with Crippen molar-refractivity contribution in [3.8, 4) is 22.5 Å². The summed E-state index contributed by atoms with van der Waals surface area (Å²) in [7, 11) is 0. The molecule has 0 aliphatic rings. The molecule has 1 amide bonds. The number of aromatic nitrogens is 4. The third kappa shape index (κ3) is 5.08. The van der Waals surface area contributed by atoms with Crippen LogP contribution in [0.5, 0.6) is 0 Å². The molecule has 0 aliphatic carbocycles. The predicted molar refractivity (Wildman–Crippen MR) is 127 cm³/mol. The predicted octanol–water partition coefficient (Wildman–Crippen LogP) is 5.60. The van der Waals surface area contributed by atoms with Crippen LogP contribution in [0.4, 0.5) is 6.01 Å². The van der Waals surface area contributed by atoms with Gasteiger partial charge < -0.3 is 9.40 Å². The Morgan fingerprint density at radius 1 is 1.00 bits per heavy atom. The number of carbonyl (C=O) groups is 1. The maximum Gasteiger partial charge on any atom is 0.322 e. The Balaban J connectivity index is 1.53. The van der Waals surface area contributed by atoms with E-state index in [1.165, 1.54) is 22.9 Å². The number of benzene rings is 2. The number of hydrogen-bond donors (Lipinski definition) is 2. The van der Waals surface area contributed by atoms with Crippen molar-refractivity contribution >= 4 is 23.7 Å². The zero-order chi connectivity index (χ0) is 22.7. The molecule has 0 saturated heterocycles. The number of carbonyl (C=O) groups excluding carboxylic acids is 1. The third-order valence-corrected chi connectivity index (χ3v) is 5.74. The van der Waals surface area contributed by atoms with Crippen molar-refractivity contribution in [1.82, 2.24) is 20.2 Å². The number of amides is 1. The van der Waals surface area contributed by atoms with Crippen molar-refractivity contribution in [3.05, 3.63) is 65.5 Å². The Kier molecular flexibility index (Phi) is 6.41. The number of H-pyrrole nitrogens is 1. The lowest BCUT2D eigenvalue weighted by molar-refractivity contribution is -0.113. The van der Waals surface area contributed by atoms with Crippen LogP contribution < -0.4 is 5.32 Å². The Labute approximate surface area is 191 Å². The minimum Gasteiger partial charge on any atom is -0.408 e. The summed E-state index contributed by atoms with van der Waals surface area (Å²) < 4.78 is 5.44. The van der Waals surface area contributed by atoms with E-state index in [0.29, 0.717) is 11.0 Å². The quantitative estimate of drug-likeness (QED) is 0.358. The van der Waals surface area contributed by atoms with Crippen molar-refractivity contribution in [1.29, 1.82) is 0 Å². The van der Waals surface area contributed by atoms with E-state index in [1.807, 2.05) is 13.8 Å². The number of imidazole rings is 1. The van der Waals surface area contributed by atoms with Gasteiger partial charge in [0, 0.05) is 17.0 Å². The second-order valence-corrected chi connectivity index (χ2v) is 8.90. The fourth-order valence-corrected chi connectivity index (χ4v) is 3.75. The first-order valence-corrected chi connectivity index (χ1v) is 11.4. The van der Waals surface area contributed by atoms with Crippen LogP contribution in [0.2, 0.25) is 0 Å². The molecule has 2 heterocycles. The molecule has 0 radical (unpaired) electrons. The van der Waals surface area contributed by atoms with E-state index in [4.69, 9.17) is 9.40 Å². The molecule has 2 N–H and O–H groups in total. The monoisotopic (exact) mass is 447 g/mol. The van der Waals surface area contributed by atoms with Crippen LogP contribution in [0.1, 0.15) is 36.8 Å². The van der Waals surface area contributed by atoms with Gasteiger partial charge in [0.1, 0.15) is 0 Å². The van der Waals surface area contributed by atoms with Gasteiger partial charge in [0.15, 0.2) is 5.16 Å². The van der Waals surface area contributed by atoms with Gasteiger partial charge in [-0.15, -0.1) is 5.10 Å². The standard InChI is InChI=1S/C24H25N5O2S/c1-14(2)22-28-29-23(31-22)25-19(30)13-32-24-26-20(17-9-5-15(3)6-10-17)21(27-24)18-11-7-16(4)8-12-18/h5-12,14H,13H2,1-4H3,(H,26,27)(H,25,29,30). The average molecular weight is 448 g/mol. The summed E-state index contributed by atoms with van der Waals surface area (Å²) >= 11 is 1.32. The van der Waals surface area contributed by atoms with Gasteiger partial charge in [-0.25, -0.2) is 4.98 Å². The zero-order valence-corrected chi connectivity index (χ0v) is 19.3. The molecule has 8 heteroatoms. The first kappa shape index (κ1) is 21.8. The molecule has 0 atom stereocenters. The number of nitrogens with zero attached hydrogens (tertiary/aromatic N) is 3. The van der Waals surface area contributed by atoms with Crippen LogP contribution in [-0.4, -0.2) is 31.8 Å². The minimum absolute atomic E-state index is 0.103. The molecule has 2 aromatic heterocycles. The number of nitrogens with one attached hydrogen (secondary N) is 2. The molecule has 0 fully saturated rings. The molecule has 4 aromatic rings. The first-order valence-electron chi connectivity index (χ1n) is 10.4. The number of rotatable bonds is 7. The largest absolute Gasteiger partial charge is 0.408 e. The van der Waals surface area contributed by atoms with Crippen molar-refractivity contribution in [2.45, 2.75) is 38.8 Å². The number of hydrogen-bond acceptors (Lipinski definition) is 6. The molecule has 0 aliphatic heterocycles. The van der Waals surface area contributed by atoms with Crippen molar-refractivity contribution < 1.29 is 9.21 Å². The Bertz CT molecular complexity index is 1150. The molecule has 0 spiro atoms. The summed E-state index contributed by atoms with van der Waals surface area (Å²) in [4.78, 5) is 20.6. The molecule has 0 unspecified atom stereocenters. The van der Waals surface area contributed by atoms with E-state index < -0.39 is 0 Å². The van der Waals surface area contributed by atoms with Crippen LogP contribution in [0.25, 0.3) is 22.5 Å². The SMILES string of the molecule is Cc1ccc(-c2nc(SCC(=O)Nc3nnc(C(C)C)o3)[nH]c2-c2ccc(C)cc2)cc1. The highest BCUT2D eigenvalue weighted by Gasteiger charge is 2.17. The summed E-state index contributed by atoms with van der Waals surface area (Å²) in [5.74, 6) is 0.516. The van der Waals surface area contributed by atoms with Crippen LogP contribution in [-0.2, 0) is 4.79 Å². The number of anilines is 1. The van der Waals surface area contributed by atoms with E-state index in [1.54, 1.807) is 0 Å². The summed E-state index contributed by atoms with van der Waals surface area (Å²) in [6, 6.07) is 16.7. The van der Waals surface area contributed by atoms with Gasteiger partial charge >= 0.3 is 6.01 Å². The maximum atomic E-state index is 12.4. The van der Waals surface area contributed by atoms with Gasteiger partial charge in [-0.05, 0) is 13.8 Å². The molecule has 0 bridgehead atoms. The van der Waals surface area contributed by atoms with E-state index in [2.05, 4.69) is 82.9 Å². The van der Waals surface area contributed by atoms with E-state index in [0.717, 1.165) is 22.5 Å². The van der Waals surface area contributed by atoms with E-state index in [9.17, 15) is 4.79 Å². The number of thioether (sulfide) groups is 1. The van der Waals surface area contributed by atoms with Crippen molar-refractivity contribution in [2.24, 2.45) is 0 Å². The van der Waals surface area contributed by atoms with Crippen molar-refractivity contribution in [2.75, 3.05) is 11.1 Å². The normalized spacial score (nSPS) is 11.2.